The smallest absolute Gasteiger partial charge is 0.170 e. The molecule has 3 heteroatoms. The summed E-state index contributed by atoms with van der Waals surface area (Å²) in [7, 11) is 0. The Morgan fingerprint density at radius 1 is 1.50 bits per heavy atom. The lowest BCUT2D eigenvalue weighted by atomic mass is 9.64. The fraction of sp³-hybridized carbons (Fsp3) is 0.462. The van der Waals surface area contributed by atoms with Gasteiger partial charge in [0.2, 0.25) is 0 Å². The molecule has 0 heterocycles. The molecular formula is C13H16FNO. The number of halogens is 1. The van der Waals surface area contributed by atoms with Gasteiger partial charge in [-0.3, -0.25) is 4.79 Å². The van der Waals surface area contributed by atoms with Gasteiger partial charge in [0.05, 0.1) is 0 Å². The number of hydrogen-bond acceptors (Lipinski definition) is 2. The molecule has 2 rings (SSSR count). The van der Waals surface area contributed by atoms with Gasteiger partial charge < -0.3 is 5.73 Å². The first-order valence-corrected chi connectivity index (χ1v) is 5.60. The highest BCUT2D eigenvalue weighted by Gasteiger charge is 2.43. The Hall–Kier alpha value is -1.22. The highest BCUT2D eigenvalue weighted by atomic mass is 19.1. The van der Waals surface area contributed by atoms with E-state index in [9.17, 15) is 9.18 Å². The molecule has 0 spiro atoms. The van der Waals surface area contributed by atoms with E-state index in [0.29, 0.717) is 17.7 Å². The minimum atomic E-state index is -0.372. The maximum absolute atomic E-state index is 12.9. The van der Waals surface area contributed by atoms with E-state index in [-0.39, 0.29) is 17.0 Å². The Morgan fingerprint density at radius 3 is 2.62 bits per heavy atom. The van der Waals surface area contributed by atoms with Crippen LogP contribution in [0.25, 0.3) is 0 Å². The van der Waals surface area contributed by atoms with E-state index in [0.717, 1.165) is 19.3 Å². The third-order valence-electron chi connectivity index (χ3n) is 3.62. The van der Waals surface area contributed by atoms with Gasteiger partial charge in [-0.15, -0.1) is 0 Å². The summed E-state index contributed by atoms with van der Waals surface area (Å²) in [5.41, 5.74) is 6.64. The van der Waals surface area contributed by atoms with E-state index in [2.05, 4.69) is 0 Å². The first kappa shape index (κ1) is 11.3. The largest absolute Gasteiger partial charge is 0.329 e. The second-order valence-corrected chi connectivity index (χ2v) is 4.63. The van der Waals surface area contributed by atoms with Crippen molar-refractivity contribution in [2.24, 2.45) is 11.1 Å². The highest BCUT2D eigenvalue weighted by molar-refractivity contribution is 6.02. The third kappa shape index (κ3) is 1.65. The molecule has 0 amide bonds. The van der Waals surface area contributed by atoms with E-state index in [4.69, 9.17) is 5.73 Å². The minimum Gasteiger partial charge on any atom is -0.329 e. The Morgan fingerprint density at radius 2 is 2.19 bits per heavy atom. The fourth-order valence-corrected chi connectivity index (χ4v) is 2.29. The van der Waals surface area contributed by atoms with Crippen LogP contribution in [0.4, 0.5) is 4.39 Å². The number of Topliss-reactive ketones (excluding diaryl/α,β-unsaturated/α-hetero) is 1. The molecular weight excluding hydrogens is 205 g/mol. The monoisotopic (exact) mass is 221 g/mol. The van der Waals surface area contributed by atoms with Crippen molar-refractivity contribution in [3.63, 3.8) is 0 Å². The van der Waals surface area contributed by atoms with Crippen LogP contribution in [0.2, 0.25) is 0 Å². The van der Waals surface area contributed by atoms with Gasteiger partial charge in [0.1, 0.15) is 5.82 Å². The van der Waals surface area contributed by atoms with Gasteiger partial charge in [-0.1, -0.05) is 6.42 Å². The van der Waals surface area contributed by atoms with Crippen LogP contribution in [0.1, 0.15) is 35.2 Å². The SMILES string of the molecule is Cc1cc(F)ccc1C(=O)C1(CN)CCC1. The van der Waals surface area contributed by atoms with Crippen molar-refractivity contribution in [2.45, 2.75) is 26.2 Å². The minimum absolute atomic E-state index is 0.0822. The molecule has 0 radical (unpaired) electrons. The summed E-state index contributed by atoms with van der Waals surface area (Å²) in [5.74, 6) is -0.219. The van der Waals surface area contributed by atoms with Gasteiger partial charge in [0.25, 0.3) is 0 Å². The van der Waals surface area contributed by atoms with Crippen molar-refractivity contribution < 1.29 is 9.18 Å². The average molecular weight is 221 g/mol. The predicted molar refractivity (Wildman–Crippen MR) is 60.8 cm³/mol. The van der Waals surface area contributed by atoms with Crippen LogP contribution in [0, 0.1) is 18.2 Å². The van der Waals surface area contributed by atoms with E-state index >= 15 is 0 Å². The standard InChI is InChI=1S/C13H16FNO/c1-9-7-10(14)3-4-11(9)12(16)13(8-15)5-2-6-13/h3-4,7H,2,5-6,8,15H2,1H3. The Labute approximate surface area is 94.6 Å². The van der Waals surface area contributed by atoms with E-state index in [1.54, 1.807) is 13.0 Å². The molecule has 0 unspecified atom stereocenters. The van der Waals surface area contributed by atoms with Gasteiger partial charge >= 0.3 is 0 Å². The van der Waals surface area contributed by atoms with Crippen LogP contribution in [0.3, 0.4) is 0 Å². The zero-order valence-electron chi connectivity index (χ0n) is 9.42. The summed E-state index contributed by atoms with van der Waals surface area (Å²) in [5, 5.41) is 0. The second kappa shape index (κ2) is 3.98. The van der Waals surface area contributed by atoms with Crippen LogP contribution < -0.4 is 5.73 Å². The number of hydrogen-bond donors (Lipinski definition) is 1. The van der Waals surface area contributed by atoms with Crippen LogP contribution in [-0.2, 0) is 0 Å². The quantitative estimate of drug-likeness (QED) is 0.797. The summed E-state index contributed by atoms with van der Waals surface area (Å²) in [6, 6.07) is 4.31. The predicted octanol–water partition coefficient (Wildman–Crippen LogP) is 2.45. The number of aryl methyl sites for hydroxylation is 1. The molecule has 1 aliphatic rings. The highest BCUT2D eigenvalue weighted by Crippen LogP contribution is 2.43. The molecule has 0 bridgehead atoms. The summed E-state index contributed by atoms with van der Waals surface area (Å²) >= 11 is 0. The summed E-state index contributed by atoms with van der Waals surface area (Å²) in [6.45, 7) is 2.15. The molecule has 0 saturated heterocycles. The van der Waals surface area contributed by atoms with Crippen molar-refractivity contribution in [3.05, 3.63) is 35.1 Å². The van der Waals surface area contributed by atoms with Gasteiger partial charge in [-0.2, -0.15) is 0 Å². The molecule has 86 valence electrons. The summed E-state index contributed by atoms with van der Waals surface area (Å²) in [4.78, 5) is 12.3. The van der Waals surface area contributed by atoms with Crippen LogP contribution in [0.15, 0.2) is 18.2 Å². The summed E-state index contributed by atoms with van der Waals surface area (Å²) < 4.78 is 12.9. The topological polar surface area (TPSA) is 43.1 Å². The zero-order valence-corrected chi connectivity index (χ0v) is 9.42. The summed E-state index contributed by atoms with van der Waals surface area (Å²) in [6.07, 6.45) is 2.78. The van der Waals surface area contributed by atoms with Crippen molar-refractivity contribution in [1.29, 1.82) is 0 Å². The number of benzene rings is 1. The fourth-order valence-electron chi connectivity index (χ4n) is 2.29. The zero-order chi connectivity index (χ0) is 11.8. The van der Waals surface area contributed by atoms with Crippen LogP contribution in [-0.4, -0.2) is 12.3 Å². The van der Waals surface area contributed by atoms with Gasteiger partial charge in [0.15, 0.2) is 5.78 Å². The maximum Gasteiger partial charge on any atom is 0.170 e. The first-order valence-electron chi connectivity index (χ1n) is 5.60. The normalized spacial score (nSPS) is 17.9. The van der Waals surface area contributed by atoms with Crippen LogP contribution >= 0.6 is 0 Å². The van der Waals surface area contributed by atoms with E-state index in [1.165, 1.54) is 12.1 Å². The van der Waals surface area contributed by atoms with Crippen molar-refractivity contribution >= 4 is 5.78 Å². The van der Waals surface area contributed by atoms with Crippen LogP contribution in [0.5, 0.6) is 0 Å². The Kier molecular flexibility index (Phi) is 2.80. The van der Waals surface area contributed by atoms with E-state index in [1.807, 2.05) is 0 Å². The van der Waals surface area contributed by atoms with E-state index < -0.39 is 0 Å². The molecule has 0 atom stereocenters. The lowest BCUT2D eigenvalue weighted by molar-refractivity contribution is 0.0635. The van der Waals surface area contributed by atoms with Crippen molar-refractivity contribution in [2.75, 3.05) is 6.54 Å². The molecule has 2 N–H and O–H groups in total. The number of carbonyl (C=O) groups excluding carboxylic acids is 1. The lowest BCUT2D eigenvalue weighted by Crippen LogP contribution is -2.44. The van der Waals surface area contributed by atoms with Gasteiger partial charge in [-0.25, -0.2) is 4.39 Å². The molecule has 0 aromatic heterocycles. The molecule has 1 aliphatic carbocycles. The molecule has 1 aromatic carbocycles. The molecule has 2 nitrogen and oxygen atoms in total. The molecule has 1 saturated carbocycles. The van der Waals surface area contributed by atoms with Crippen molar-refractivity contribution in [1.82, 2.24) is 0 Å². The van der Waals surface area contributed by atoms with Gasteiger partial charge in [0, 0.05) is 17.5 Å². The number of nitrogens with two attached hydrogens (primary N) is 1. The maximum atomic E-state index is 12.9. The number of rotatable bonds is 3. The Bertz CT molecular complexity index is 418. The second-order valence-electron chi connectivity index (χ2n) is 4.63. The molecule has 16 heavy (non-hydrogen) atoms. The molecule has 1 fully saturated rings. The number of ketones is 1. The lowest BCUT2D eigenvalue weighted by Gasteiger charge is -2.39. The van der Waals surface area contributed by atoms with Crippen molar-refractivity contribution in [3.8, 4) is 0 Å². The average Bonchev–Trinajstić information content (AvgIpc) is 2.16. The number of carbonyl (C=O) groups is 1. The third-order valence-corrected chi connectivity index (χ3v) is 3.62. The van der Waals surface area contributed by atoms with Gasteiger partial charge in [-0.05, 0) is 43.5 Å². The molecule has 0 aliphatic heterocycles. The molecule has 1 aromatic rings. The Balaban J connectivity index is 2.33. The first-order chi connectivity index (χ1) is 7.59.